The zero-order chi connectivity index (χ0) is 9.97. The molecule has 2 heteroatoms. The Bertz CT molecular complexity index is 455. The highest BCUT2D eigenvalue weighted by molar-refractivity contribution is 5.86. The molecule has 0 aliphatic carbocycles. The normalized spacial score (nSPS) is 10.1. The monoisotopic (exact) mass is 186 g/mol. The van der Waals surface area contributed by atoms with Crippen LogP contribution in [0.5, 0.6) is 0 Å². The first-order valence-electron chi connectivity index (χ1n) is 4.42. The third kappa shape index (κ3) is 1.46. The maximum Gasteiger partial charge on any atom is 0.150 e. The SMILES string of the molecule is Cc1ccc(-c2ccccc2C=O)o1. The Morgan fingerprint density at radius 2 is 1.93 bits per heavy atom. The van der Waals surface area contributed by atoms with Gasteiger partial charge in [-0.15, -0.1) is 0 Å². The maximum absolute atomic E-state index is 10.8. The van der Waals surface area contributed by atoms with Crippen LogP contribution in [0.3, 0.4) is 0 Å². The van der Waals surface area contributed by atoms with Gasteiger partial charge in [-0.3, -0.25) is 4.79 Å². The Labute approximate surface area is 82.2 Å². The summed E-state index contributed by atoms with van der Waals surface area (Å²) in [5.74, 6) is 1.59. The zero-order valence-corrected chi connectivity index (χ0v) is 7.86. The molecule has 2 rings (SSSR count). The first-order chi connectivity index (χ1) is 6.81. The van der Waals surface area contributed by atoms with Crippen LogP contribution in [0.1, 0.15) is 16.1 Å². The summed E-state index contributed by atoms with van der Waals surface area (Å²) >= 11 is 0. The van der Waals surface area contributed by atoms with E-state index in [0.29, 0.717) is 5.56 Å². The van der Waals surface area contributed by atoms with Crippen LogP contribution >= 0.6 is 0 Å². The Balaban J connectivity index is 2.55. The molecule has 0 aliphatic rings. The van der Waals surface area contributed by atoms with Crippen LogP contribution in [-0.2, 0) is 0 Å². The predicted molar refractivity (Wildman–Crippen MR) is 54.3 cm³/mol. The van der Waals surface area contributed by atoms with E-state index in [0.717, 1.165) is 23.4 Å². The highest BCUT2D eigenvalue weighted by Gasteiger charge is 2.06. The van der Waals surface area contributed by atoms with Gasteiger partial charge in [-0.25, -0.2) is 0 Å². The van der Waals surface area contributed by atoms with Crippen molar-refractivity contribution in [3.8, 4) is 11.3 Å². The summed E-state index contributed by atoms with van der Waals surface area (Å²) in [5.41, 5.74) is 1.50. The summed E-state index contributed by atoms with van der Waals surface area (Å²) in [5, 5.41) is 0. The van der Waals surface area contributed by atoms with Crippen molar-refractivity contribution in [2.75, 3.05) is 0 Å². The molecule has 1 aromatic carbocycles. The van der Waals surface area contributed by atoms with Gasteiger partial charge in [-0.1, -0.05) is 24.3 Å². The molecule has 0 saturated heterocycles. The van der Waals surface area contributed by atoms with Crippen molar-refractivity contribution in [1.29, 1.82) is 0 Å². The minimum absolute atomic E-state index is 0.654. The number of hydrogen-bond acceptors (Lipinski definition) is 2. The minimum atomic E-state index is 0.654. The van der Waals surface area contributed by atoms with Crippen LogP contribution in [0.25, 0.3) is 11.3 Å². The minimum Gasteiger partial charge on any atom is -0.461 e. The van der Waals surface area contributed by atoms with Crippen molar-refractivity contribution in [1.82, 2.24) is 0 Å². The summed E-state index contributed by atoms with van der Waals surface area (Å²) in [4.78, 5) is 10.8. The summed E-state index contributed by atoms with van der Waals surface area (Å²) < 4.78 is 5.45. The number of hydrogen-bond donors (Lipinski definition) is 0. The molecule has 0 atom stereocenters. The van der Waals surface area contributed by atoms with Gasteiger partial charge >= 0.3 is 0 Å². The number of carbonyl (C=O) groups is 1. The number of aryl methyl sites for hydroxylation is 1. The van der Waals surface area contributed by atoms with Gasteiger partial charge in [0.05, 0.1) is 0 Å². The van der Waals surface area contributed by atoms with E-state index in [1.807, 2.05) is 37.3 Å². The molecule has 0 bridgehead atoms. The fraction of sp³-hybridized carbons (Fsp3) is 0.0833. The molecule has 0 fully saturated rings. The summed E-state index contributed by atoms with van der Waals surface area (Å²) in [7, 11) is 0. The van der Waals surface area contributed by atoms with Gasteiger partial charge in [-0.2, -0.15) is 0 Å². The van der Waals surface area contributed by atoms with Crippen molar-refractivity contribution in [2.24, 2.45) is 0 Å². The third-order valence-corrected chi connectivity index (χ3v) is 2.09. The van der Waals surface area contributed by atoms with Crippen LogP contribution < -0.4 is 0 Å². The van der Waals surface area contributed by atoms with Gasteiger partial charge in [0, 0.05) is 11.1 Å². The summed E-state index contributed by atoms with van der Waals surface area (Å²) in [6.07, 6.45) is 0.840. The molecule has 0 spiro atoms. The molecule has 14 heavy (non-hydrogen) atoms. The molecule has 2 nitrogen and oxygen atoms in total. The average molecular weight is 186 g/mol. The standard InChI is InChI=1S/C12H10O2/c1-9-6-7-12(14-9)11-5-3-2-4-10(11)8-13/h2-8H,1H3. The lowest BCUT2D eigenvalue weighted by Crippen LogP contribution is -1.84. The van der Waals surface area contributed by atoms with E-state index < -0.39 is 0 Å². The summed E-state index contributed by atoms with van der Waals surface area (Å²) in [6, 6.07) is 11.1. The van der Waals surface area contributed by atoms with Gasteiger partial charge in [0.15, 0.2) is 6.29 Å². The summed E-state index contributed by atoms with van der Waals surface area (Å²) in [6.45, 7) is 1.88. The van der Waals surface area contributed by atoms with E-state index in [2.05, 4.69) is 0 Å². The second kappa shape index (κ2) is 3.50. The average Bonchev–Trinajstić information content (AvgIpc) is 2.65. The third-order valence-electron chi connectivity index (χ3n) is 2.09. The molecular formula is C12H10O2. The van der Waals surface area contributed by atoms with Crippen LogP contribution in [-0.4, -0.2) is 6.29 Å². The van der Waals surface area contributed by atoms with Gasteiger partial charge in [0.1, 0.15) is 11.5 Å². The molecule has 0 radical (unpaired) electrons. The van der Waals surface area contributed by atoms with Crippen LogP contribution in [0.4, 0.5) is 0 Å². The number of benzene rings is 1. The molecule has 0 saturated carbocycles. The van der Waals surface area contributed by atoms with Crippen LogP contribution in [0.2, 0.25) is 0 Å². The second-order valence-electron chi connectivity index (χ2n) is 3.12. The van der Waals surface area contributed by atoms with Crippen LogP contribution in [0, 0.1) is 6.92 Å². The van der Waals surface area contributed by atoms with E-state index >= 15 is 0 Å². The van der Waals surface area contributed by atoms with E-state index in [1.165, 1.54) is 0 Å². The Hall–Kier alpha value is -1.83. The van der Waals surface area contributed by atoms with Crippen molar-refractivity contribution in [3.63, 3.8) is 0 Å². The van der Waals surface area contributed by atoms with Gasteiger partial charge < -0.3 is 4.42 Å². The molecule has 0 aliphatic heterocycles. The Morgan fingerprint density at radius 3 is 2.57 bits per heavy atom. The maximum atomic E-state index is 10.8. The number of furan rings is 1. The van der Waals surface area contributed by atoms with E-state index in [9.17, 15) is 4.79 Å². The molecule has 0 unspecified atom stereocenters. The molecule has 0 N–H and O–H groups in total. The largest absolute Gasteiger partial charge is 0.461 e. The Kier molecular flexibility index (Phi) is 2.19. The highest BCUT2D eigenvalue weighted by atomic mass is 16.3. The van der Waals surface area contributed by atoms with Crippen molar-refractivity contribution >= 4 is 6.29 Å². The quantitative estimate of drug-likeness (QED) is 0.674. The van der Waals surface area contributed by atoms with E-state index in [1.54, 1.807) is 6.07 Å². The molecular weight excluding hydrogens is 176 g/mol. The lowest BCUT2D eigenvalue weighted by molar-refractivity contribution is 0.112. The molecule has 1 aromatic heterocycles. The smallest absolute Gasteiger partial charge is 0.150 e. The van der Waals surface area contributed by atoms with Crippen molar-refractivity contribution < 1.29 is 9.21 Å². The van der Waals surface area contributed by atoms with Crippen molar-refractivity contribution in [2.45, 2.75) is 6.92 Å². The van der Waals surface area contributed by atoms with E-state index in [-0.39, 0.29) is 0 Å². The van der Waals surface area contributed by atoms with Gasteiger partial charge in [0.2, 0.25) is 0 Å². The highest BCUT2D eigenvalue weighted by Crippen LogP contribution is 2.24. The van der Waals surface area contributed by atoms with Crippen molar-refractivity contribution in [3.05, 3.63) is 47.7 Å². The molecule has 0 amide bonds. The van der Waals surface area contributed by atoms with Gasteiger partial charge in [-0.05, 0) is 19.1 Å². The first-order valence-corrected chi connectivity index (χ1v) is 4.42. The first kappa shape index (κ1) is 8.75. The van der Waals surface area contributed by atoms with Crippen LogP contribution in [0.15, 0.2) is 40.8 Å². The molecule has 1 heterocycles. The number of carbonyl (C=O) groups excluding carboxylic acids is 1. The topological polar surface area (TPSA) is 30.2 Å². The van der Waals surface area contributed by atoms with Gasteiger partial charge in [0.25, 0.3) is 0 Å². The fourth-order valence-electron chi connectivity index (χ4n) is 1.40. The fourth-order valence-corrected chi connectivity index (χ4v) is 1.40. The molecule has 70 valence electrons. The number of aldehydes is 1. The Morgan fingerprint density at radius 1 is 1.14 bits per heavy atom. The molecule has 2 aromatic rings. The predicted octanol–water partition coefficient (Wildman–Crippen LogP) is 3.07. The lowest BCUT2D eigenvalue weighted by atomic mass is 10.1. The number of rotatable bonds is 2. The zero-order valence-electron chi connectivity index (χ0n) is 7.86. The van der Waals surface area contributed by atoms with E-state index in [4.69, 9.17) is 4.42 Å². The lowest BCUT2D eigenvalue weighted by Gasteiger charge is -1.99. The second-order valence-corrected chi connectivity index (χ2v) is 3.12.